The van der Waals surface area contributed by atoms with Crippen molar-refractivity contribution in [2.45, 2.75) is 441 Å². The summed E-state index contributed by atoms with van der Waals surface area (Å²) in [5, 5.41) is 21.6. The van der Waals surface area contributed by atoms with Crippen LogP contribution in [-0.2, 0) is 48.6 Å². The Morgan fingerprint density at radius 2 is 0.495 bits per heavy atom. The molecule has 0 atom stereocenters. The Hall–Kier alpha value is -3.79. The molecule has 3 rings (SSSR count). The molecule has 0 N–H and O–H groups in total. The Morgan fingerprint density at radius 3 is 0.732 bits per heavy atom. The first kappa shape index (κ1) is 91.2. The Morgan fingerprint density at radius 1 is 0.278 bits per heavy atom. The van der Waals surface area contributed by atoms with Crippen molar-refractivity contribution < 1.29 is 26.7 Å². The Balaban J connectivity index is 0.00000354. The van der Waals surface area contributed by atoms with Crippen LogP contribution in [0.1, 0.15) is 435 Å². The van der Waals surface area contributed by atoms with E-state index in [1.165, 1.54) is 362 Å². The first-order chi connectivity index (χ1) is 47.2. The molecule has 0 aromatic heterocycles. The molecule has 0 amide bonds. The number of nitrogens with zero attached hydrogens (tertiary/aromatic N) is 2. The Kier molecular flexibility index (Phi) is 64.0. The number of aliphatic imine (C=N–C) groups is 2. The Bertz CT molecular complexity index is 2420. The van der Waals surface area contributed by atoms with Gasteiger partial charge in [0.2, 0.25) is 0 Å². The Labute approximate surface area is 613 Å². The second-order valence-electron chi connectivity index (χ2n) is 29.2. The molecular formula is C92H152N2NiO2. The molecule has 0 radical (unpaired) electrons. The van der Waals surface area contributed by atoms with E-state index in [0.29, 0.717) is 0 Å². The maximum atomic E-state index is 10.8. The molecule has 3 aromatic carbocycles. The standard InChI is InChI=1S/C83H142N2.C9H12O2.Ni/c1-7-13-19-21-23-25-27-29-31-33-35-37-38-39-40-41-43-45-47-49-51-53-55-57-63-69-83(85-81-74-78(66-60-17-11-5)71-79(75-81)67-61-18-12-6)82(84-80-72-76(64-58-15-9-3)70-77(73-80)65-59-16-10-4)68-62-56-54-52-50-48-46-44-42-36-34-32-30-28-26-24-22-20-14-8-2;1-3-7-5-9(11)8(10)4-6(7)2;/h70-75H,7-61,64-67H2,1-6H3;4-5,10-11H,3H2,1-2H3;/q;;+2/p-2. The minimum Gasteiger partial charge on any atom is -0.873 e. The van der Waals surface area contributed by atoms with E-state index < -0.39 is 11.5 Å². The maximum absolute atomic E-state index is 10.8. The predicted molar refractivity (Wildman–Crippen MR) is 425 cm³/mol. The molecule has 0 bridgehead atoms. The summed E-state index contributed by atoms with van der Waals surface area (Å²) in [5.41, 5.74) is 11.1. The van der Waals surface area contributed by atoms with E-state index in [2.05, 4.69) is 102 Å². The number of unbranched alkanes of at least 4 members (excludes halogenated alkanes) is 49. The molecule has 97 heavy (non-hydrogen) atoms. The molecule has 5 heteroatoms. The minimum absolute atomic E-state index is 0. The van der Waals surface area contributed by atoms with Gasteiger partial charge in [-0.2, -0.15) is 0 Å². The molecule has 0 saturated heterocycles. The van der Waals surface area contributed by atoms with Crippen LogP contribution in [0.5, 0.6) is 11.5 Å². The second-order valence-corrected chi connectivity index (χ2v) is 29.2. The molecular weight excluding hydrogens is 1220 g/mol. The van der Waals surface area contributed by atoms with Crippen LogP contribution in [0.25, 0.3) is 0 Å². The average molecular weight is 1380 g/mol. The van der Waals surface area contributed by atoms with Crippen LogP contribution < -0.4 is 10.2 Å². The van der Waals surface area contributed by atoms with E-state index in [-0.39, 0.29) is 16.5 Å². The van der Waals surface area contributed by atoms with Crippen molar-refractivity contribution in [3.05, 3.63) is 81.9 Å². The van der Waals surface area contributed by atoms with Crippen LogP contribution in [0.2, 0.25) is 0 Å². The van der Waals surface area contributed by atoms with Gasteiger partial charge in [-0.25, -0.2) is 9.98 Å². The molecule has 0 saturated carbocycles. The van der Waals surface area contributed by atoms with Crippen LogP contribution in [0.3, 0.4) is 0 Å². The van der Waals surface area contributed by atoms with Crippen molar-refractivity contribution in [2.75, 3.05) is 0 Å². The fourth-order valence-electron chi connectivity index (χ4n) is 13.5. The van der Waals surface area contributed by atoms with Gasteiger partial charge < -0.3 is 10.2 Å². The van der Waals surface area contributed by atoms with Crippen molar-refractivity contribution in [3.63, 3.8) is 0 Å². The maximum Gasteiger partial charge on any atom is 2.00 e. The van der Waals surface area contributed by atoms with Gasteiger partial charge in [0, 0.05) is 12.8 Å². The SMILES string of the molecule is CCCCCCCCCCCCCCCCCCCCC#CC(=Nc1cc(CCCCC)cc(CCCCC)c1)C(C#CCCCCCCCCCCCCCCCCCCCCCCCCC)=Nc1cc(CCCCC)cc(CCCCC)c1.CCc1cc([O-])c([O-])cc1C.[Ni+2]. The summed E-state index contributed by atoms with van der Waals surface area (Å²) < 4.78 is 0. The minimum atomic E-state index is -0.403. The number of hydrogen-bond acceptors (Lipinski definition) is 4. The van der Waals surface area contributed by atoms with Crippen LogP contribution in [-0.4, -0.2) is 11.4 Å². The molecule has 0 heterocycles. The number of rotatable bonds is 61. The van der Waals surface area contributed by atoms with Gasteiger partial charge in [-0.05, 0) is 147 Å². The van der Waals surface area contributed by atoms with E-state index >= 15 is 0 Å². The largest absolute Gasteiger partial charge is 2.00 e. The van der Waals surface area contributed by atoms with Gasteiger partial charge >= 0.3 is 16.5 Å². The van der Waals surface area contributed by atoms with E-state index in [1.807, 2.05) is 13.8 Å². The molecule has 3 aromatic rings. The van der Waals surface area contributed by atoms with E-state index in [9.17, 15) is 10.2 Å². The van der Waals surface area contributed by atoms with Gasteiger partial charge in [-0.3, -0.25) is 0 Å². The van der Waals surface area contributed by atoms with Gasteiger partial charge in [-0.15, -0.1) is 11.5 Å². The van der Waals surface area contributed by atoms with Gasteiger partial charge in [0.1, 0.15) is 11.4 Å². The zero-order valence-electron chi connectivity index (χ0n) is 65.1. The molecule has 0 aliphatic rings. The normalized spacial score (nSPS) is 11.5. The van der Waals surface area contributed by atoms with Crippen molar-refractivity contribution in [2.24, 2.45) is 9.98 Å². The average Bonchev–Trinajstić information content (AvgIpc) is 1.37. The fraction of sp³-hybridized carbons (Fsp3) is 0.739. The van der Waals surface area contributed by atoms with E-state index in [4.69, 9.17) is 9.98 Å². The van der Waals surface area contributed by atoms with Crippen LogP contribution in [0.15, 0.2) is 58.5 Å². The number of benzene rings is 3. The molecule has 0 unspecified atom stereocenters. The van der Waals surface area contributed by atoms with E-state index in [1.54, 1.807) is 0 Å². The summed E-state index contributed by atoms with van der Waals surface area (Å²) in [7, 11) is 0. The molecule has 552 valence electrons. The molecule has 0 aliphatic heterocycles. The van der Waals surface area contributed by atoms with E-state index in [0.717, 1.165) is 91.7 Å². The summed E-state index contributed by atoms with van der Waals surface area (Å²) in [6.45, 7) is 17.7. The molecule has 0 fully saturated rings. The zero-order valence-corrected chi connectivity index (χ0v) is 66.1. The number of hydrogen-bond donors (Lipinski definition) is 0. The monoisotopic (exact) mass is 1380 g/mol. The fourth-order valence-corrected chi connectivity index (χ4v) is 13.5. The summed E-state index contributed by atoms with van der Waals surface area (Å²) in [6, 6.07) is 17.2. The zero-order chi connectivity index (χ0) is 69.3. The quantitative estimate of drug-likeness (QED) is 0.0245. The summed E-state index contributed by atoms with van der Waals surface area (Å²) >= 11 is 0. The number of aryl methyl sites for hydroxylation is 6. The van der Waals surface area contributed by atoms with Crippen molar-refractivity contribution in [1.82, 2.24) is 0 Å². The second kappa shape index (κ2) is 68.0. The van der Waals surface area contributed by atoms with Crippen molar-refractivity contribution >= 4 is 22.8 Å². The first-order valence-corrected chi connectivity index (χ1v) is 42.1. The summed E-state index contributed by atoms with van der Waals surface area (Å²) in [6.07, 6.45) is 79.4. The van der Waals surface area contributed by atoms with Gasteiger partial charge in [-0.1, -0.05) is 386 Å². The van der Waals surface area contributed by atoms with Gasteiger partial charge in [0.05, 0.1) is 11.4 Å². The first-order valence-electron chi connectivity index (χ1n) is 42.1. The molecule has 0 aliphatic carbocycles. The third kappa shape index (κ3) is 52.8. The smallest absolute Gasteiger partial charge is 0.873 e. The third-order valence-electron chi connectivity index (χ3n) is 19.8. The van der Waals surface area contributed by atoms with Crippen LogP contribution in [0, 0.1) is 30.6 Å². The predicted octanol–water partition coefficient (Wildman–Crippen LogP) is 29.0. The topological polar surface area (TPSA) is 70.8 Å². The van der Waals surface area contributed by atoms with Gasteiger partial charge in [0.25, 0.3) is 0 Å². The van der Waals surface area contributed by atoms with Crippen LogP contribution >= 0.6 is 0 Å². The van der Waals surface area contributed by atoms with Crippen LogP contribution in [0.4, 0.5) is 11.4 Å². The summed E-state index contributed by atoms with van der Waals surface area (Å²) in [4.78, 5) is 11.1. The van der Waals surface area contributed by atoms with Crippen molar-refractivity contribution in [1.29, 1.82) is 0 Å². The van der Waals surface area contributed by atoms with Crippen molar-refractivity contribution in [3.8, 4) is 35.2 Å². The third-order valence-corrected chi connectivity index (χ3v) is 19.8. The molecule has 0 spiro atoms. The molecule has 4 nitrogen and oxygen atoms in total. The summed E-state index contributed by atoms with van der Waals surface area (Å²) in [5.74, 6) is 13.9. The van der Waals surface area contributed by atoms with Gasteiger partial charge in [0.15, 0.2) is 0 Å².